The third kappa shape index (κ3) is 3.06. The number of ether oxygens (including phenoxy) is 1. The van der Waals surface area contributed by atoms with Crippen molar-refractivity contribution in [3.8, 4) is 0 Å². The van der Waals surface area contributed by atoms with Crippen LogP contribution in [0.15, 0.2) is 54.7 Å². The van der Waals surface area contributed by atoms with E-state index in [1.165, 1.54) is 27.3 Å². The Morgan fingerprint density at radius 2 is 2.31 bits per heavy atom. The first kappa shape index (κ1) is 17.0. The highest BCUT2D eigenvalue weighted by Crippen LogP contribution is 2.31. The van der Waals surface area contributed by atoms with Gasteiger partial charge < -0.3 is 9.64 Å². The van der Waals surface area contributed by atoms with Crippen molar-refractivity contribution in [1.29, 1.82) is 0 Å². The number of aryl methyl sites for hydroxylation is 1. The Labute approximate surface area is 156 Å². The predicted molar refractivity (Wildman–Crippen MR) is 103 cm³/mol. The normalized spacial score (nSPS) is 20.0. The Morgan fingerprint density at radius 1 is 1.42 bits per heavy atom. The summed E-state index contributed by atoms with van der Waals surface area (Å²) in [5.41, 5.74) is 2.48. The van der Waals surface area contributed by atoms with E-state index < -0.39 is 0 Å². The Kier molecular flexibility index (Phi) is 4.61. The third-order valence-electron chi connectivity index (χ3n) is 4.92. The van der Waals surface area contributed by atoms with Gasteiger partial charge in [0.15, 0.2) is 0 Å². The molecule has 26 heavy (non-hydrogen) atoms. The van der Waals surface area contributed by atoms with Crippen LogP contribution in [0.1, 0.15) is 17.2 Å². The lowest BCUT2D eigenvalue weighted by molar-refractivity contribution is -0.125. The number of fused-ring (bicyclic) bond motifs is 1. The molecule has 0 bridgehead atoms. The fraction of sp³-hybridized carbons (Fsp3) is 0.300. The minimum absolute atomic E-state index is 0.0144. The molecular formula is C20H21N3O2S. The van der Waals surface area contributed by atoms with E-state index in [9.17, 15) is 4.79 Å². The number of amides is 1. The van der Waals surface area contributed by atoms with Crippen LogP contribution in [-0.4, -0.2) is 39.8 Å². The average Bonchev–Trinajstić information content (AvgIpc) is 3.38. The van der Waals surface area contributed by atoms with Gasteiger partial charge in [-0.2, -0.15) is 5.10 Å². The van der Waals surface area contributed by atoms with Gasteiger partial charge in [0.05, 0.1) is 18.8 Å². The molecule has 0 radical (unpaired) electrons. The second-order valence-electron chi connectivity index (χ2n) is 6.56. The maximum atomic E-state index is 12.0. The summed E-state index contributed by atoms with van der Waals surface area (Å²) in [5, 5.41) is 7.77. The first-order valence-corrected chi connectivity index (χ1v) is 9.53. The molecule has 1 saturated heterocycles. The van der Waals surface area contributed by atoms with Gasteiger partial charge in [0.2, 0.25) is 5.91 Å². The molecule has 5 nitrogen and oxygen atoms in total. The zero-order chi connectivity index (χ0) is 18.1. The van der Waals surface area contributed by atoms with Gasteiger partial charge in [-0.15, -0.1) is 11.3 Å². The van der Waals surface area contributed by atoms with E-state index in [-0.39, 0.29) is 18.1 Å². The van der Waals surface area contributed by atoms with E-state index in [0.29, 0.717) is 19.7 Å². The van der Waals surface area contributed by atoms with Crippen LogP contribution in [-0.2, 0) is 16.1 Å². The molecule has 0 N–H and O–H groups in total. The van der Waals surface area contributed by atoms with Crippen LogP contribution in [0, 0.1) is 6.92 Å². The maximum absolute atomic E-state index is 12.0. The largest absolute Gasteiger partial charge is 0.369 e. The van der Waals surface area contributed by atoms with Crippen LogP contribution in [0.25, 0.3) is 10.1 Å². The smallest absolute Gasteiger partial charge is 0.246 e. The van der Waals surface area contributed by atoms with Crippen molar-refractivity contribution >= 4 is 27.3 Å². The van der Waals surface area contributed by atoms with Crippen molar-refractivity contribution in [1.82, 2.24) is 14.7 Å². The summed E-state index contributed by atoms with van der Waals surface area (Å²) in [6.45, 7) is 7.39. The molecule has 6 heteroatoms. The monoisotopic (exact) mass is 367 g/mol. The Morgan fingerprint density at radius 3 is 3.08 bits per heavy atom. The summed E-state index contributed by atoms with van der Waals surface area (Å²) in [4.78, 5) is 13.8. The van der Waals surface area contributed by atoms with E-state index in [1.807, 2.05) is 16.9 Å². The summed E-state index contributed by atoms with van der Waals surface area (Å²) < 4.78 is 9.47. The average molecular weight is 367 g/mol. The number of benzene rings is 1. The molecule has 3 aromatic rings. The van der Waals surface area contributed by atoms with Crippen molar-refractivity contribution in [3.05, 3.63) is 65.8 Å². The van der Waals surface area contributed by atoms with Gasteiger partial charge in [-0.25, -0.2) is 0 Å². The van der Waals surface area contributed by atoms with Crippen LogP contribution >= 0.6 is 11.3 Å². The number of nitrogens with zero attached hydrogens (tertiary/aromatic N) is 3. The molecule has 1 aliphatic heterocycles. The summed E-state index contributed by atoms with van der Waals surface area (Å²) in [6, 6.07) is 8.27. The molecule has 1 fully saturated rings. The number of carbonyl (C=O) groups excluding carboxylic acids is 1. The predicted octanol–water partition coefficient (Wildman–Crippen LogP) is 3.56. The zero-order valence-corrected chi connectivity index (χ0v) is 15.5. The molecule has 1 aliphatic rings. The Bertz CT molecular complexity index is 932. The molecule has 0 aliphatic carbocycles. The lowest BCUT2D eigenvalue weighted by Crippen LogP contribution is -2.28. The zero-order valence-electron chi connectivity index (χ0n) is 14.7. The van der Waals surface area contributed by atoms with Crippen LogP contribution in [0.2, 0.25) is 0 Å². The quantitative estimate of drug-likeness (QED) is 0.648. The van der Waals surface area contributed by atoms with Crippen LogP contribution < -0.4 is 0 Å². The number of aromatic nitrogens is 2. The molecule has 0 unspecified atom stereocenters. The van der Waals surface area contributed by atoms with E-state index in [2.05, 4.69) is 42.2 Å². The van der Waals surface area contributed by atoms with Crippen LogP contribution in [0.4, 0.5) is 0 Å². The third-order valence-corrected chi connectivity index (χ3v) is 6.10. The van der Waals surface area contributed by atoms with Crippen molar-refractivity contribution in [2.24, 2.45) is 0 Å². The molecule has 4 rings (SSSR count). The van der Waals surface area contributed by atoms with Gasteiger partial charge in [-0.1, -0.05) is 24.8 Å². The highest BCUT2D eigenvalue weighted by Gasteiger charge is 2.36. The first-order chi connectivity index (χ1) is 12.7. The molecule has 134 valence electrons. The summed E-state index contributed by atoms with van der Waals surface area (Å²) >= 11 is 1.76. The van der Waals surface area contributed by atoms with Crippen LogP contribution in [0.5, 0.6) is 0 Å². The van der Waals surface area contributed by atoms with Gasteiger partial charge >= 0.3 is 0 Å². The molecular weight excluding hydrogens is 346 g/mol. The fourth-order valence-electron chi connectivity index (χ4n) is 3.52. The second-order valence-corrected chi connectivity index (χ2v) is 7.44. The fourth-order valence-corrected chi connectivity index (χ4v) is 4.56. The van der Waals surface area contributed by atoms with Crippen molar-refractivity contribution in [2.45, 2.75) is 25.7 Å². The molecule has 1 amide bonds. The summed E-state index contributed by atoms with van der Waals surface area (Å²) in [6.07, 6.45) is 4.94. The Balaban J connectivity index is 1.54. The van der Waals surface area contributed by atoms with Gasteiger partial charge in [0, 0.05) is 30.2 Å². The molecule has 2 aromatic heterocycles. The Hall–Kier alpha value is -2.44. The van der Waals surface area contributed by atoms with Crippen molar-refractivity contribution < 1.29 is 9.53 Å². The second kappa shape index (κ2) is 7.05. The topological polar surface area (TPSA) is 47.4 Å². The minimum Gasteiger partial charge on any atom is -0.369 e. The minimum atomic E-state index is -0.0986. The number of rotatable bonds is 5. The SMILES string of the molecule is C=CC(=O)N1C[C@@H](n2cccn2)[C@H](OCc2csc3c(C)cccc23)C1. The molecule has 0 spiro atoms. The molecule has 1 aromatic carbocycles. The van der Waals surface area contributed by atoms with Crippen molar-refractivity contribution in [3.63, 3.8) is 0 Å². The number of thiophene rings is 1. The highest BCUT2D eigenvalue weighted by molar-refractivity contribution is 7.17. The molecule has 3 heterocycles. The number of carbonyl (C=O) groups is 1. The maximum Gasteiger partial charge on any atom is 0.246 e. The van der Waals surface area contributed by atoms with Crippen molar-refractivity contribution in [2.75, 3.05) is 13.1 Å². The van der Waals surface area contributed by atoms with Gasteiger partial charge in [0.1, 0.15) is 0 Å². The van der Waals surface area contributed by atoms with Gasteiger partial charge in [-0.3, -0.25) is 9.48 Å². The van der Waals surface area contributed by atoms with Crippen LogP contribution in [0.3, 0.4) is 0 Å². The highest BCUT2D eigenvalue weighted by atomic mass is 32.1. The van der Waals surface area contributed by atoms with Gasteiger partial charge in [-0.05, 0) is 41.0 Å². The summed E-state index contributed by atoms with van der Waals surface area (Å²) in [5.74, 6) is -0.0649. The lowest BCUT2D eigenvalue weighted by Gasteiger charge is -2.19. The molecule has 0 saturated carbocycles. The lowest BCUT2D eigenvalue weighted by atomic mass is 10.1. The number of likely N-dealkylation sites (tertiary alicyclic amines) is 1. The van der Waals surface area contributed by atoms with Gasteiger partial charge in [0.25, 0.3) is 0 Å². The van der Waals surface area contributed by atoms with E-state index in [0.717, 1.165) is 0 Å². The molecule has 2 atom stereocenters. The van der Waals surface area contributed by atoms with E-state index >= 15 is 0 Å². The number of hydrogen-bond donors (Lipinski definition) is 0. The van der Waals surface area contributed by atoms with E-state index in [4.69, 9.17) is 4.74 Å². The van der Waals surface area contributed by atoms with E-state index in [1.54, 1.807) is 22.4 Å². The number of hydrogen-bond acceptors (Lipinski definition) is 4. The standard InChI is InChI=1S/C20H21N3O2S/c1-3-19(24)22-10-17(23-9-5-8-21-23)18(11-22)25-12-15-13-26-20-14(2)6-4-7-16(15)20/h3-9,13,17-18H,1,10-12H2,2H3/t17-,18-/m1/s1. The summed E-state index contributed by atoms with van der Waals surface area (Å²) in [7, 11) is 0. The first-order valence-electron chi connectivity index (χ1n) is 8.65.